The molecule has 0 aromatic rings. The highest BCUT2D eigenvalue weighted by molar-refractivity contribution is 5.24. The predicted molar refractivity (Wildman–Crippen MR) is 41.7 cm³/mol. The first-order valence-electron chi connectivity index (χ1n) is 3.94. The quantitative estimate of drug-likeness (QED) is 0.556. The van der Waals surface area contributed by atoms with Crippen LogP contribution in [-0.2, 0) is 0 Å². The van der Waals surface area contributed by atoms with Crippen molar-refractivity contribution in [3.8, 4) is 0 Å². The molecule has 15 heavy (non-hydrogen) atoms. The van der Waals surface area contributed by atoms with Gasteiger partial charge < -0.3 is 0 Å². The fourth-order valence-corrected chi connectivity index (χ4v) is 1.35. The van der Waals surface area contributed by atoms with Crippen molar-refractivity contribution in [2.24, 2.45) is 11.3 Å². The van der Waals surface area contributed by atoms with E-state index in [1.165, 1.54) is 0 Å². The Balaban J connectivity index is 3.17. The lowest BCUT2D eigenvalue weighted by molar-refractivity contribution is -0.257. The monoisotopic (exact) mass is 229 g/mol. The van der Waals surface area contributed by atoms with Crippen LogP contribution in [0.3, 0.4) is 0 Å². The van der Waals surface area contributed by atoms with Gasteiger partial charge in [0, 0.05) is 0 Å². The van der Waals surface area contributed by atoms with Gasteiger partial charge in [-0.25, -0.2) is 0 Å². The van der Waals surface area contributed by atoms with Crippen LogP contribution in [0.5, 0.6) is 0 Å². The van der Waals surface area contributed by atoms with Crippen molar-refractivity contribution in [2.75, 3.05) is 0 Å². The summed E-state index contributed by atoms with van der Waals surface area (Å²) in [6, 6.07) is 0. The van der Waals surface area contributed by atoms with Crippen LogP contribution in [0.15, 0.2) is 24.3 Å². The Morgan fingerprint density at radius 3 is 1.87 bits per heavy atom. The summed E-state index contributed by atoms with van der Waals surface area (Å²) in [6.45, 7) is 2.67. The van der Waals surface area contributed by atoms with Gasteiger partial charge in [-0.1, -0.05) is 24.3 Å². The lowest BCUT2D eigenvalue weighted by atomic mass is 9.73. The van der Waals surface area contributed by atoms with Gasteiger partial charge in [0.25, 0.3) is 0 Å². The fraction of sp³-hybridized carbons (Fsp3) is 0.444. The van der Waals surface area contributed by atoms with Gasteiger partial charge in [0.1, 0.15) is 0 Å². The van der Waals surface area contributed by atoms with E-state index in [0.717, 1.165) is 12.2 Å². The Bertz CT molecular complexity index is 295. The van der Waals surface area contributed by atoms with Gasteiger partial charge in [0.2, 0.25) is 0 Å². The van der Waals surface area contributed by atoms with E-state index >= 15 is 0 Å². The van der Waals surface area contributed by atoms with Crippen molar-refractivity contribution in [3.05, 3.63) is 31.2 Å². The Morgan fingerprint density at radius 2 is 1.53 bits per heavy atom. The molecular formula is C9H7F6. The second-order valence-corrected chi connectivity index (χ2v) is 3.30. The fourth-order valence-electron chi connectivity index (χ4n) is 1.35. The molecule has 0 N–H and O–H groups in total. The molecule has 6 heteroatoms. The number of alkyl halides is 6. The molecule has 1 rings (SSSR count). The summed E-state index contributed by atoms with van der Waals surface area (Å²) in [7, 11) is 0. The van der Waals surface area contributed by atoms with Crippen molar-refractivity contribution >= 4 is 0 Å². The molecule has 2 unspecified atom stereocenters. The van der Waals surface area contributed by atoms with Crippen LogP contribution in [0.25, 0.3) is 0 Å². The van der Waals surface area contributed by atoms with E-state index in [4.69, 9.17) is 0 Å². The first kappa shape index (κ1) is 12.1. The third-order valence-electron chi connectivity index (χ3n) is 2.24. The molecule has 1 aliphatic carbocycles. The number of halogens is 6. The van der Waals surface area contributed by atoms with Gasteiger partial charge in [-0.05, 0) is 6.92 Å². The minimum atomic E-state index is -5.03. The van der Waals surface area contributed by atoms with Crippen molar-refractivity contribution in [1.82, 2.24) is 0 Å². The summed E-state index contributed by atoms with van der Waals surface area (Å²) in [5.41, 5.74) is -3.12. The Morgan fingerprint density at radius 1 is 1.00 bits per heavy atom. The second kappa shape index (κ2) is 3.28. The summed E-state index contributed by atoms with van der Waals surface area (Å²) in [4.78, 5) is 0. The lowest BCUT2D eigenvalue weighted by Crippen LogP contribution is -2.46. The molecule has 85 valence electrons. The van der Waals surface area contributed by atoms with Crippen molar-refractivity contribution < 1.29 is 26.3 Å². The van der Waals surface area contributed by atoms with Crippen molar-refractivity contribution in [1.29, 1.82) is 0 Å². The maximum absolute atomic E-state index is 12.5. The van der Waals surface area contributed by atoms with Crippen LogP contribution >= 0.6 is 0 Å². The molecule has 0 heterocycles. The zero-order valence-corrected chi connectivity index (χ0v) is 7.36. The van der Waals surface area contributed by atoms with Gasteiger partial charge in [-0.3, -0.25) is 0 Å². The van der Waals surface area contributed by atoms with E-state index in [1.54, 1.807) is 0 Å². The van der Waals surface area contributed by atoms with E-state index in [0.29, 0.717) is 12.2 Å². The highest BCUT2D eigenvalue weighted by Crippen LogP contribution is 2.52. The topological polar surface area (TPSA) is 0 Å². The van der Waals surface area contributed by atoms with Crippen LogP contribution in [-0.4, -0.2) is 12.4 Å². The second-order valence-electron chi connectivity index (χ2n) is 3.30. The lowest BCUT2D eigenvalue weighted by Gasteiger charge is -2.37. The first-order chi connectivity index (χ1) is 6.59. The Kier molecular flexibility index (Phi) is 2.65. The van der Waals surface area contributed by atoms with Gasteiger partial charge in [0.15, 0.2) is 0 Å². The number of allylic oxidation sites excluding steroid dienone is 4. The molecule has 1 radical (unpaired) electrons. The molecule has 0 saturated heterocycles. The summed E-state index contributed by atoms with van der Waals surface area (Å²) >= 11 is 0. The number of hydrogen-bond acceptors (Lipinski definition) is 0. The first-order valence-corrected chi connectivity index (χ1v) is 3.94. The summed E-state index contributed by atoms with van der Waals surface area (Å²) in [5.74, 6) is -2.63. The number of hydrogen-bond donors (Lipinski definition) is 0. The van der Waals surface area contributed by atoms with E-state index in [2.05, 4.69) is 6.92 Å². The Hall–Kier alpha value is -0.940. The van der Waals surface area contributed by atoms with Gasteiger partial charge in [-0.15, -0.1) is 0 Å². The van der Waals surface area contributed by atoms with Crippen molar-refractivity contribution in [3.63, 3.8) is 0 Å². The van der Waals surface area contributed by atoms with E-state index in [1.807, 2.05) is 0 Å². The zero-order valence-electron chi connectivity index (χ0n) is 7.36. The average molecular weight is 229 g/mol. The minimum Gasteiger partial charge on any atom is -0.170 e. The molecular weight excluding hydrogens is 222 g/mol. The maximum Gasteiger partial charge on any atom is 0.398 e. The third kappa shape index (κ3) is 2.03. The average Bonchev–Trinajstić information content (AvgIpc) is 2.00. The number of rotatable bonds is 0. The third-order valence-corrected chi connectivity index (χ3v) is 2.24. The molecule has 0 spiro atoms. The molecule has 0 amide bonds. The standard InChI is InChI=1S/C9H7F6/c1-7(9(13,14)15)5-3-2-4-6(7)8(10,11)12/h2-6H,1H2. The molecule has 2 atom stereocenters. The minimum absolute atomic E-state index is 0.436. The van der Waals surface area contributed by atoms with Crippen LogP contribution in [0.1, 0.15) is 0 Å². The smallest absolute Gasteiger partial charge is 0.170 e. The van der Waals surface area contributed by atoms with E-state index in [-0.39, 0.29) is 0 Å². The molecule has 0 aliphatic heterocycles. The SMILES string of the molecule is [CH2]C1(C(F)(F)F)C=CC=CC1C(F)(F)F. The van der Waals surface area contributed by atoms with Gasteiger partial charge in [0.05, 0.1) is 11.3 Å². The summed E-state index contributed by atoms with van der Waals surface area (Å²) in [6.07, 6.45) is -7.23. The maximum atomic E-state index is 12.5. The Labute approximate surface area is 82.3 Å². The molecule has 1 aliphatic rings. The molecule has 0 aromatic carbocycles. The highest BCUT2D eigenvalue weighted by atomic mass is 19.4. The normalized spacial score (nSPS) is 32.1. The summed E-state index contributed by atoms with van der Waals surface area (Å²) in [5, 5.41) is 0. The van der Waals surface area contributed by atoms with Crippen LogP contribution < -0.4 is 0 Å². The molecule has 0 saturated carbocycles. The summed E-state index contributed by atoms with van der Waals surface area (Å²) < 4.78 is 74.4. The molecule has 0 nitrogen and oxygen atoms in total. The predicted octanol–water partition coefficient (Wildman–Crippen LogP) is 3.67. The van der Waals surface area contributed by atoms with Crippen molar-refractivity contribution in [2.45, 2.75) is 12.4 Å². The van der Waals surface area contributed by atoms with Gasteiger partial charge >= 0.3 is 12.4 Å². The molecule has 0 aromatic heterocycles. The van der Waals surface area contributed by atoms with Gasteiger partial charge in [-0.2, -0.15) is 26.3 Å². The molecule has 0 fully saturated rings. The largest absolute Gasteiger partial charge is 0.398 e. The highest BCUT2D eigenvalue weighted by Gasteiger charge is 2.62. The molecule has 0 bridgehead atoms. The van der Waals surface area contributed by atoms with E-state index in [9.17, 15) is 26.3 Å². The van der Waals surface area contributed by atoms with Crippen LogP contribution in [0.4, 0.5) is 26.3 Å². The van der Waals surface area contributed by atoms with Crippen LogP contribution in [0.2, 0.25) is 0 Å². The van der Waals surface area contributed by atoms with Crippen LogP contribution in [0, 0.1) is 18.3 Å². The van der Waals surface area contributed by atoms with E-state index < -0.39 is 23.7 Å². The zero-order chi connectivity index (χ0) is 11.9.